The molecule has 5 nitrogen and oxygen atoms in total. The van der Waals surface area contributed by atoms with Crippen molar-refractivity contribution in [3.05, 3.63) is 75.7 Å². The van der Waals surface area contributed by atoms with Gasteiger partial charge in [0, 0.05) is 20.7 Å². The Bertz CT molecular complexity index is 1270. The van der Waals surface area contributed by atoms with Gasteiger partial charge < -0.3 is 14.5 Å². The van der Waals surface area contributed by atoms with Crippen molar-refractivity contribution >= 4 is 50.2 Å². The molecule has 1 N–H and O–H groups in total. The molecule has 0 fully saturated rings. The van der Waals surface area contributed by atoms with Gasteiger partial charge in [-0.05, 0) is 80.9 Å². The maximum absolute atomic E-state index is 12.8. The molecule has 0 unspecified atom stereocenters. The highest BCUT2D eigenvalue weighted by molar-refractivity contribution is 9.10. The monoisotopic (exact) mass is 498 g/mol. The van der Waals surface area contributed by atoms with Crippen LogP contribution < -0.4 is 10.1 Å². The lowest BCUT2D eigenvalue weighted by molar-refractivity contribution is -0.128. The first kappa shape index (κ1) is 21.4. The lowest BCUT2D eigenvalue weighted by atomic mass is 10.1. The zero-order chi connectivity index (χ0) is 22.2. The third-order valence-corrected chi connectivity index (χ3v) is 5.73. The minimum atomic E-state index is -1.07. The number of aryl methyl sites for hydroxylation is 1. The summed E-state index contributed by atoms with van der Waals surface area (Å²) >= 11 is 9.61. The van der Waals surface area contributed by atoms with Gasteiger partial charge in [0.15, 0.2) is 11.2 Å². The molecule has 1 amide bonds. The second-order valence-electron chi connectivity index (χ2n) is 7.69. The summed E-state index contributed by atoms with van der Waals surface area (Å²) in [6.45, 7) is 5.38. The van der Waals surface area contributed by atoms with Crippen LogP contribution in [0.4, 0.5) is 5.69 Å². The predicted octanol–water partition coefficient (Wildman–Crippen LogP) is 7.02. The lowest BCUT2D eigenvalue weighted by Crippen LogP contribution is -2.42. The maximum Gasteiger partial charge on any atom is 0.267 e. The van der Waals surface area contributed by atoms with Gasteiger partial charge in [-0.2, -0.15) is 0 Å². The van der Waals surface area contributed by atoms with Crippen LogP contribution in [0.5, 0.6) is 5.75 Å². The Labute approximate surface area is 193 Å². The lowest BCUT2D eigenvalue weighted by Gasteiger charge is -2.25. The van der Waals surface area contributed by atoms with Gasteiger partial charge in [-0.1, -0.05) is 33.6 Å². The first-order valence-electron chi connectivity index (χ1n) is 9.64. The summed E-state index contributed by atoms with van der Waals surface area (Å²) in [7, 11) is 0. The number of fused-ring (bicyclic) bond motifs is 1. The number of rotatable bonds is 5. The molecule has 4 rings (SSSR count). The number of nitrogens with one attached hydrogen (secondary N) is 1. The van der Waals surface area contributed by atoms with Gasteiger partial charge in [0.1, 0.15) is 11.3 Å². The van der Waals surface area contributed by atoms with Crippen LogP contribution in [0.15, 0.2) is 69.6 Å². The number of hydrogen-bond acceptors (Lipinski definition) is 4. The van der Waals surface area contributed by atoms with E-state index in [0.29, 0.717) is 33.4 Å². The Hall–Kier alpha value is -2.83. The highest BCUT2D eigenvalue weighted by atomic mass is 79.9. The molecular formula is C24H20BrClN2O3. The van der Waals surface area contributed by atoms with E-state index in [2.05, 4.69) is 26.2 Å². The molecule has 31 heavy (non-hydrogen) atoms. The van der Waals surface area contributed by atoms with Crippen molar-refractivity contribution in [3.63, 3.8) is 0 Å². The van der Waals surface area contributed by atoms with E-state index in [4.69, 9.17) is 20.8 Å². The molecule has 0 aliphatic carbocycles. The quantitative estimate of drug-likeness (QED) is 0.320. The molecular weight excluding hydrogens is 480 g/mol. The summed E-state index contributed by atoms with van der Waals surface area (Å²) in [6, 6.07) is 18.3. The van der Waals surface area contributed by atoms with E-state index in [9.17, 15) is 4.79 Å². The van der Waals surface area contributed by atoms with Crippen LogP contribution in [0.25, 0.3) is 22.6 Å². The number of hydrogen-bond donors (Lipinski definition) is 1. The molecule has 158 valence electrons. The molecule has 0 atom stereocenters. The minimum absolute atomic E-state index is 0.274. The van der Waals surface area contributed by atoms with Crippen LogP contribution in [0.2, 0.25) is 5.02 Å². The Morgan fingerprint density at radius 3 is 2.55 bits per heavy atom. The van der Waals surface area contributed by atoms with E-state index in [-0.39, 0.29) is 5.91 Å². The standard InChI is InChI=1S/C24H20BrClN2O3/c1-14-4-5-15(12-19(14)26)22-28-20-13-17(8-11-21(20)30-22)27-23(29)24(2,3)31-18-9-6-16(25)7-10-18/h4-13H,1-3H3,(H,27,29). The largest absolute Gasteiger partial charge is 0.478 e. The molecule has 1 heterocycles. The molecule has 1 aromatic heterocycles. The van der Waals surface area contributed by atoms with Crippen LogP contribution in [0.1, 0.15) is 19.4 Å². The fourth-order valence-corrected chi connectivity index (χ4v) is 3.42. The van der Waals surface area contributed by atoms with Gasteiger partial charge in [-0.25, -0.2) is 4.98 Å². The number of carbonyl (C=O) groups is 1. The summed E-state index contributed by atoms with van der Waals surface area (Å²) in [4.78, 5) is 17.4. The highest BCUT2D eigenvalue weighted by Crippen LogP contribution is 2.29. The Balaban J connectivity index is 1.53. The number of oxazole rings is 1. The molecule has 0 saturated carbocycles. The number of nitrogens with zero attached hydrogens (tertiary/aromatic N) is 1. The summed E-state index contributed by atoms with van der Waals surface area (Å²) in [5, 5.41) is 3.55. The summed E-state index contributed by atoms with van der Waals surface area (Å²) < 4.78 is 12.7. The molecule has 0 radical (unpaired) electrons. The number of anilines is 1. The average molecular weight is 500 g/mol. The molecule has 0 saturated heterocycles. The first-order chi connectivity index (χ1) is 14.7. The molecule has 4 aromatic rings. The summed E-state index contributed by atoms with van der Waals surface area (Å²) in [5.41, 5.74) is 2.56. The summed E-state index contributed by atoms with van der Waals surface area (Å²) in [5.74, 6) is 0.805. The summed E-state index contributed by atoms with van der Waals surface area (Å²) in [6.07, 6.45) is 0. The van der Waals surface area contributed by atoms with Crippen molar-refractivity contribution < 1.29 is 13.9 Å². The van der Waals surface area contributed by atoms with Crippen molar-refractivity contribution in [2.45, 2.75) is 26.4 Å². The van der Waals surface area contributed by atoms with E-state index in [1.165, 1.54) is 0 Å². The average Bonchev–Trinajstić information content (AvgIpc) is 3.15. The zero-order valence-corrected chi connectivity index (χ0v) is 19.5. The second kappa shape index (κ2) is 8.36. The van der Waals surface area contributed by atoms with Gasteiger partial charge in [0.2, 0.25) is 5.89 Å². The molecule has 0 bridgehead atoms. The zero-order valence-electron chi connectivity index (χ0n) is 17.2. The normalized spacial score (nSPS) is 11.5. The number of aromatic nitrogens is 1. The highest BCUT2D eigenvalue weighted by Gasteiger charge is 2.30. The van der Waals surface area contributed by atoms with Crippen LogP contribution in [-0.2, 0) is 4.79 Å². The van der Waals surface area contributed by atoms with Crippen molar-refractivity contribution in [1.82, 2.24) is 4.98 Å². The topological polar surface area (TPSA) is 64.4 Å². The maximum atomic E-state index is 12.8. The predicted molar refractivity (Wildman–Crippen MR) is 127 cm³/mol. The number of ether oxygens (including phenoxy) is 1. The van der Waals surface area contributed by atoms with E-state index >= 15 is 0 Å². The third kappa shape index (κ3) is 4.75. The van der Waals surface area contributed by atoms with Gasteiger partial charge in [-0.15, -0.1) is 0 Å². The molecule has 0 aliphatic rings. The van der Waals surface area contributed by atoms with Crippen molar-refractivity contribution in [2.24, 2.45) is 0 Å². The minimum Gasteiger partial charge on any atom is -0.478 e. The third-order valence-electron chi connectivity index (χ3n) is 4.80. The SMILES string of the molecule is Cc1ccc(-c2nc3cc(NC(=O)C(C)(C)Oc4ccc(Br)cc4)ccc3o2)cc1Cl. The van der Waals surface area contributed by atoms with Gasteiger partial charge in [-0.3, -0.25) is 4.79 Å². The van der Waals surface area contributed by atoms with E-state index in [1.54, 1.807) is 44.2 Å². The number of halogens is 2. The first-order valence-corrected chi connectivity index (χ1v) is 10.8. The van der Waals surface area contributed by atoms with Gasteiger partial charge in [0.05, 0.1) is 0 Å². The number of carbonyl (C=O) groups excluding carboxylic acids is 1. The van der Waals surface area contributed by atoms with Gasteiger partial charge >= 0.3 is 0 Å². The Morgan fingerprint density at radius 1 is 1.10 bits per heavy atom. The van der Waals surface area contributed by atoms with E-state index < -0.39 is 5.60 Å². The van der Waals surface area contributed by atoms with Crippen molar-refractivity contribution in [3.8, 4) is 17.2 Å². The van der Waals surface area contributed by atoms with E-state index in [0.717, 1.165) is 15.6 Å². The second-order valence-corrected chi connectivity index (χ2v) is 9.01. The van der Waals surface area contributed by atoms with Crippen LogP contribution >= 0.6 is 27.5 Å². The van der Waals surface area contributed by atoms with Crippen LogP contribution in [-0.4, -0.2) is 16.5 Å². The van der Waals surface area contributed by atoms with Gasteiger partial charge in [0.25, 0.3) is 5.91 Å². The van der Waals surface area contributed by atoms with Crippen LogP contribution in [0.3, 0.4) is 0 Å². The molecule has 0 aliphatic heterocycles. The molecule has 7 heteroatoms. The van der Waals surface area contributed by atoms with Crippen LogP contribution in [0, 0.1) is 6.92 Å². The molecule has 0 spiro atoms. The number of amides is 1. The Kier molecular flexibility index (Phi) is 5.77. The number of benzene rings is 3. The van der Waals surface area contributed by atoms with E-state index in [1.807, 2.05) is 37.3 Å². The van der Waals surface area contributed by atoms with Crippen molar-refractivity contribution in [2.75, 3.05) is 5.32 Å². The van der Waals surface area contributed by atoms with Crippen molar-refractivity contribution in [1.29, 1.82) is 0 Å². The smallest absolute Gasteiger partial charge is 0.267 e. The fraction of sp³-hybridized carbons (Fsp3) is 0.167. The fourth-order valence-electron chi connectivity index (χ4n) is 2.98. The Morgan fingerprint density at radius 2 is 1.84 bits per heavy atom. The molecule has 3 aromatic carbocycles.